The van der Waals surface area contributed by atoms with Crippen LogP contribution in [0.3, 0.4) is 0 Å². The van der Waals surface area contributed by atoms with Gasteiger partial charge in [-0.2, -0.15) is 0 Å². The molecule has 3 rings (SSSR count). The van der Waals surface area contributed by atoms with Crippen molar-refractivity contribution in [3.05, 3.63) is 47.0 Å². The van der Waals surface area contributed by atoms with Gasteiger partial charge in [0.05, 0.1) is 12.6 Å². The third-order valence-electron chi connectivity index (χ3n) is 4.11. The summed E-state index contributed by atoms with van der Waals surface area (Å²) in [6.07, 6.45) is 10.3. The Morgan fingerprint density at radius 1 is 1.14 bits per heavy atom. The Morgan fingerprint density at radius 3 is 2.71 bits per heavy atom. The largest absolute Gasteiger partial charge is 0.324 e. The molecule has 1 unspecified atom stereocenters. The lowest BCUT2D eigenvalue weighted by Gasteiger charge is -2.10. The molecule has 0 aliphatic carbocycles. The fourth-order valence-electron chi connectivity index (χ4n) is 2.90. The SMILES string of the molecule is CCCCCCCC1=CN2CC(c3ccccc3)N=C2S1. The van der Waals surface area contributed by atoms with E-state index in [1.54, 1.807) is 0 Å². The van der Waals surface area contributed by atoms with Crippen molar-refractivity contribution < 1.29 is 0 Å². The van der Waals surface area contributed by atoms with Gasteiger partial charge in [-0.05, 0) is 18.4 Å². The highest BCUT2D eigenvalue weighted by atomic mass is 32.2. The van der Waals surface area contributed by atoms with E-state index in [1.165, 1.54) is 54.2 Å². The first-order valence-electron chi connectivity index (χ1n) is 8.15. The number of rotatable bonds is 7. The molecule has 0 radical (unpaired) electrons. The predicted molar refractivity (Wildman–Crippen MR) is 92.4 cm³/mol. The van der Waals surface area contributed by atoms with Crippen LogP contribution in [0.5, 0.6) is 0 Å². The molecule has 21 heavy (non-hydrogen) atoms. The second kappa shape index (κ2) is 7.17. The second-order valence-corrected chi connectivity index (χ2v) is 6.95. The maximum atomic E-state index is 4.88. The number of hydrogen-bond acceptors (Lipinski definition) is 3. The molecule has 0 aromatic heterocycles. The van der Waals surface area contributed by atoms with Crippen LogP contribution in [0, 0.1) is 0 Å². The number of thioether (sulfide) groups is 1. The first-order valence-corrected chi connectivity index (χ1v) is 8.96. The van der Waals surface area contributed by atoms with E-state index in [1.807, 2.05) is 11.8 Å². The number of allylic oxidation sites excluding steroid dienone is 1. The van der Waals surface area contributed by atoms with Gasteiger partial charge in [-0.1, -0.05) is 74.7 Å². The van der Waals surface area contributed by atoms with Gasteiger partial charge >= 0.3 is 0 Å². The fourth-order valence-corrected chi connectivity index (χ4v) is 3.98. The minimum atomic E-state index is 0.316. The molecule has 0 fully saturated rings. The van der Waals surface area contributed by atoms with Crippen LogP contribution in [0.1, 0.15) is 57.1 Å². The Kier molecular flexibility index (Phi) is 5.02. The normalized spacial score (nSPS) is 20.4. The van der Waals surface area contributed by atoms with Crippen LogP contribution in [-0.2, 0) is 0 Å². The number of benzene rings is 1. The molecule has 3 heteroatoms. The van der Waals surface area contributed by atoms with E-state index in [0.29, 0.717) is 6.04 Å². The lowest BCUT2D eigenvalue weighted by molar-refractivity contribution is 0.553. The zero-order chi connectivity index (χ0) is 14.5. The van der Waals surface area contributed by atoms with Gasteiger partial charge in [0.1, 0.15) is 0 Å². The van der Waals surface area contributed by atoms with Crippen LogP contribution >= 0.6 is 11.8 Å². The molecule has 2 heterocycles. The molecule has 1 atom stereocenters. The monoisotopic (exact) mass is 300 g/mol. The predicted octanol–water partition coefficient (Wildman–Crippen LogP) is 5.35. The van der Waals surface area contributed by atoms with E-state index in [-0.39, 0.29) is 0 Å². The average Bonchev–Trinajstić information content (AvgIpc) is 3.06. The molecule has 0 bridgehead atoms. The van der Waals surface area contributed by atoms with Crippen molar-refractivity contribution in [2.75, 3.05) is 6.54 Å². The highest BCUT2D eigenvalue weighted by Gasteiger charge is 2.30. The number of hydrogen-bond donors (Lipinski definition) is 0. The summed E-state index contributed by atoms with van der Waals surface area (Å²) in [6, 6.07) is 10.9. The highest BCUT2D eigenvalue weighted by molar-refractivity contribution is 8.17. The Morgan fingerprint density at radius 2 is 1.95 bits per heavy atom. The van der Waals surface area contributed by atoms with Crippen molar-refractivity contribution in [1.82, 2.24) is 4.90 Å². The number of nitrogens with zero attached hydrogens (tertiary/aromatic N) is 2. The summed E-state index contributed by atoms with van der Waals surface area (Å²) in [4.78, 5) is 8.72. The van der Waals surface area contributed by atoms with Gasteiger partial charge in [0.2, 0.25) is 0 Å². The van der Waals surface area contributed by atoms with E-state index in [0.717, 1.165) is 6.54 Å². The molecule has 2 aliphatic rings. The van der Waals surface area contributed by atoms with Crippen LogP contribution in [0.15, 0.2) is 46.4 Å². The summed E-state index contributed by atoms with van der Waals surface area (Å²) in [5.74, 6) is 0. The van der Waals surface area contributed by atoms with Crippen molar-refractivity contribution in [3.8, 4) is 0 Å². The van der Waals surface area contributed by atoms with Crippen LogP contribution in [-0.4, -0.2) is 16.6 Å². The molecule has 0 N–H and O–H groups in total. The van der Waals surface area contributed by atoms with Crippen molar-refractivity contribution in [3.63, 3.8) is 0 Å². The van der Waals surface area contributed by atoms with Gasteiger partial charge in [-0.15, -0.1) is 0 Å². The Bertz CT molecular complexity index is 521. The summed E-state index contributed by atoms with van der Waals surface area (Å²) >= 11 is 1.88. The average molecular weight is 300 g/mol. The van der Waals surface area contributed by atoms with Gasteiger partial charge < -0.3 is 4.90 Å². The summed E-state index contributed by atoms with van der Waals surface area (Å²) in [5.41, 5.74) is 1.33. The van der Waals surface area contributed by atoms with E-state index in [4.69, 9.17) is 4.99 Å². The Balaban J connectivity index is 1.48. The van der Waals surface area contributed by atoms with Gasteiger partial charge in [0.15, 0.2) is 5.17 Å². The summed E-state index contributed by atoms with van der Waals surface area (Å²) in [7, 11) is 0. The number of unbranched alkanes of at least 4 members (excludes halogenated alkanes) is 4. The van der Waals surface area contributed by atoms with E-state index in [2.05, 4.69) is 48.4 Å². The minimum absolute atomic E-state index is 0.316. The molecular weight excluding hydrogens is 276 g/mol. The second-order valence-electron chi connectivity index (χ2n) is 5.85. The lowest BCUT2D eigenvalue weighted by Crippen LogP contribution is -2.16. The highest BCUT2D eigenvalue weighted by Crippen LogP contribution is 2.39. The molecule has 0 spiro atoms. The fraction of sp³-hybridized carbons (Fsp3) is 0.500. The van der Waals surface area contributed by atoms with Crippen molar-refractivity contribution in [2.45, 2.75) is 51.5 Å². The van der Waals surface area contributed by atoms with Crippen molar-refractivity contribution in [2.24, 2.45) is 4.99 Å². The van der Waals surface area contributed by atoms with Crippen molar-refractivity contribution in [1.29, 1.82) is 0 Å². The lowest BCUT2D eigenvalue weighted by atomic mass is 10.1. The molecule has 2 nitrogen and oxygen atoms in total. The summed E-state index contributed by atoms with van der Waals surface area (Å²) < 4.78 is 0. The topological polar surface area (TPSA) is 15.6 Å². The standard InChI is InChI=1S/C18H24N2S/c1-2-3-4-5-9-12-16-13-20-14-17(19-18(20)21-16)15-10-7-6-8-11-15/h6-8,10-11,13,17H,2-5,9,12,14H2,1H3. The zero-order valence-electron chi connectivity index (χ0n) is 12.8. The molecule has 2 aliphatic heterocycles. The molecule has 1 aromatic rings. The zero-order valence-corrected chi connectivity index (χ0v) is 13.6. The molecule has 1 aromatic carbocycles. The molecule has 112 valence electrons. The third-order valence-corrected chi connectivity index (χ3v) is 5.21. The quantitative estimate of drug-likeness (QED) is 0.631. The van der Waals surface area contributed by atoms with Crippen LogP contribution in [0.25, 0.3) is 0 Å². The summed E-state index contributed by atoms with van der Waals surface area (Å²) in [5, 5.41) is 1.20. The first kappa shape index (κ1) is 14.7. The Labute approximate surface area is 132 Å². The van der Waals surface area contributed by atoms with Crippen LogP contribution in [0.4, 0.5) is 0 Å². The number of aliphatic imine (C=N–C) groups is 1. The first-order chi connectivity index (χ1) is 10.4. The van der Waals surface area contributed by atoms with E-state index in [9.17, 15) is 0 Å². The number of fused-ring (bicyclic) bond motifs is 1. The molecule has 0 amide bonds. The van der Waals surface area contributed by atoms with E-state index >= 15 is 0 Å². The summed E-state index contributed by atoms with van der Waals surface area (Å²) in [6.45, 7) is 3.27. The van der Waals surface area contributed by atoms with Gasteiger partial charge in [0, 0.05) is 11.1 Å². The molecular formula is C18H24N2S. The molecule has 0 saturated carbocycles. The van der Waals surface area contributed by atoms with Gasteiger partial charge in [0.25, 0.3) is 0 Å². The smallest absolute Gasteiger partial charge is 0.168 e. The van der Waals surface area contributed by atoms with Crippen LogP contribution in [0.2, 0.25) is 0 Å². The Hall–Kier alpha value is -1.22. The van der Waals surface area contributed by atoms with Crippen molar-refractivity contribution >= 4 is 16.9 Å². The maximum absolute atomic E-state index is 4.88. The minimum Gasteiger partial charge on any atom is -0.324 e. The number of amidine groups is 1. The third kappa shape index (κ3) is 3.70. The van der Waals surface area contributed by atoms with Crippen LogP contribution < -0.4 is 0 Å². The van der Waals surface area contributed by atoms with Gasteiger partial charge in [-0.25, -0.2) is 0 Å². The maximum Gasteiger partial charge on any atom is 0.168 e. The van der Waals surface area contributed by atoms with Gasteiger partial charge in [-0.3, -0.25) is 4.99 Å². The van der Waals surface area contributed by atoms with E-state index < -0.39 is 0 Å². The molecule has 0 saturated heterocycles.